The molecule has 4 N–H and O–H groups in total. The minimum Gasteiger partial charge on any atom is -0.481 e. The summed E-state index contributed by atoms with van der Waals surface area (Å²) in [6.07, 6.45) is -1.30. The Morgan fingerprint density at radius 1 is 0.864 bits per heavy atom. The number of rotatable bonds is 11. The number of methoxy groups -OCH3 is 1. The Kier molecular flexibility index (Phi) is 15.7. The summed E-state index contributed by atoms with van der Waals surface area (Å²) < 4.78 is 5.04. The lowest BCUT2D eigenvalue weighted by molar-refractivity contribution is -0.240. The van der Waals surface area contributed by atoms with Gasteiger partial charge in [0.25, 0.3) is 0 Å². The van der Waals surface area contributed by atoms with Gasteiger partial charge in [-0.05, 0) is 32.3 Å². The van der Waals surface area contributed by atoms with Crippen LogP contribution < -0.4 is 0 Å². The van der Waals surface area contributed by atoms with Crippen molar-refractivity contribution in [3.63, 3.8) is 0 Å². The molecule has 0 atom stereocenters. The molecule has 0 bridgehead atoms. The third-order valence-electron chi connectivity index (χ3n) is 6.75. The van der Waals surface area contributed by atoms with Crippen LogP contribution in [-0.4, -0.2) is 97.6 Å². The van der Waals surface area contributed by atoms with Crippen molar-refractivity contribution >= 4 is 29.8 Å². The zero-order valence-electron chi connectivity index (χ0n) is 25.4. The number of hydrogen-bond donors (Lipinski definition) is 4. The second-order valence-corrected chi connectivity index (χ2v) is 10.4. The first-order valence-corrected chi connectivity index (χ1v) is 13.9. The van der Waals surface area contributed by atoms with Crippen molar-refractivity contribution < 1.29 is 54.0 Å². The van der Waals surface area contributed by atoms with E-state index in [-0.39, 0.29) is 12.5 Å². The number of carbonyl (C=O) groups excluding carboxylic acids is 2. The van der Waals surface area contributed by atoms with Crippen molar-refractivity contribution in [3.8, 4) is 0 Å². The van der Waals surface area contributed by atoms with Crippen molar-refractivity contribution in [2.75, 3.05) is 20.2 Å². The summed E-state index contributed by atoms with van der Waals surface area (Å²) in [6, 6.07) is 22.0. The maximum atomic E-state index is 12.6. The van der Waals surface area contributed by atoms with Crippen LogP contribution in [0.2, 0.25) is 0 Å². The van der Waals surface area contributed by atoms with Gasteiger partial charge in [0.15, 0.2) is 11.1 Å². The molecule has 13 nitrogen and oxygen atoms in total. The molecule has 0 aromatic heterocycles. The summed E-state index contributed by atoms with van der Waals surface area (Å²) in [5.41, 5.74) is -2.87. The zero-order chi connectivity index (χ0) is 33.3. The quantitative estimate of drug-likeness (QED) is 0.213. The fourth-order valence-electron chi connectivity index (χ4n) is 4.42. The highest BCUT2D eigenvalue weighted by atomic mass is 16.7. The number of carboxylic acids is 3. The molecule has 1 aliphatic heterocycles. The molecule has 1 aliphatic rings. The average Bonchev–Trinajstić information content (AvgIpc) is 2.98. The number of aliphatic carboxylic acids is 3. The minimum absolute atomic E-state index is 0.229. The van der Waals surface area contributed by atoms with Crippen molar-refractivity contribution in [3.05, 3.63) is 72.3 Å². The van der Waals surface area contributed by atoms with Gasteiger partial charge < -0.3 is 30.1 Å². The SMILES string of the molecule is COC(=O)C1(N(OCc2ccccc2)C(C)=O)CCN(C(C)C)CC1.O=C(O)CC(O)(CC(=O)O)C(=O)O.c1ccccc1. The highest BCUT2D eigenvalue weighted by molar-refractivity contribution is 5.88. The van der Waals surface area contributed by atoms with E-state index in [1.165, 1.54) is 19.1 Å². The van der Waals surface area contributed by atoms with Crippen LogP contribution in [0.3, 0.4) is 0 Å². The number of hydroxylamine groups is 2. The summed E-state index contributed by atoms with van der Waals surface area (Å²) in [5.74, 6) is -5.73. The van der Waals surface area contributed by atoms with Crippen molar-refractivity contribution in [1.29, 1.82) is 0 Å². The van der Waals surface area contributed by atoms with Gasteiger partial charge in [0.1, 0.15) is 6.61 Å². The van der Waals surface area contributed by atoms with Crippen molar-refractivity contribution in [2.24, 2.45) is 0 Å². The number of piperidine rings is 1. The van der Waals surface area contributed by atoms with Gasteiger partial charge in [0, 0.05) is 26.1 Å². The van der Waals surface area contributed by atoms with Crippen LogP contribution in [0.5, 0.6) is 0 Å². The lowest BCUT2D eigenvalue weighted by Gasteiger charge is -2.45. The van der Waals surface area contributed by atoms with Gasteiger partial charge in [-0.3, -0.25) is 19.2 Å². The highest BCUT2D eigenvalue weighted by Gasteiger charge is 2.50. The van der Waals surface area contributed by atoms with Gasteiger partial charge >= 0.3 is 23.9 Å². The van der Waals surface area contributed by atoms with Crippen LogP contribution >= 0.6 is 0 Å². The van der Waals surface area contributed by atoms with Gasteiger partial charge in [0.2, 0.25) is 5.91 Å². The van der Waals surface area contributed by atoms with E-state index in [0.717, 1.165) is 5.56 Å². The summed E-state index contributed by atoms with van der Waals surface area (Å²) in [6.45, 7) is 7.33. The summed E-state index contributed by atoms with van der Waals surface area (Å²) >= 11 is 0. The first kappa shape index (κ1) is 37.7. The molecule has 0 unspecified atom stereocenters. The first-order valence-electron chi connectivity index (χ1n) is 13.9. The number of nitrogens with zero attached hydrogens (tertiary/aromatic N) is 2. The summed E-state index contributed by atoms with van der Waals surface area (Å²) in [4.78, 5) is 63.5. The Balaban J connectivity index is 0.000000421. The molecule has 0 spiro atoms. The number of hydrogen-bond acceptors (Lipinski definition) is 9. The standard InChI is InChI=1S/C19H28N2O4.C6H8O7.C6H6/c1-15(2)20-12-10-19(11-13-20,18(23)24-4)21(16(3)22)25-14-17-8-6-5-7-9-17;7-3(8)1-6(13,5(11)12)2-4(9)10;1-2-4-6-5-3-1/h5-9,15H,10-14H2,1-4H3;13H,1-2H2,(H,7,8)(H,9,10)(H,11,12);1-6H. The lowest BCUT2D eigenvalue weighted by Crippen LogP contribution is -2.62. The predicted molar refractivity (Wildman–Crippen MR) is 158 cm³/mol. The fraction of sp³-hybridized carbons (Fsp3) is 0.452. The lowest BCUT2D eigenvalue weighted by atomic mass is 9.86. The van der Waals surface area contributed by atoms with E-state index in [9.17, 15) is 24.0 Å². The molecular weight excluding hydrogens is 576 g/mol. The number of benzene rings is 2. The van der Waals surface area contributed by atoms with Crippen LogP contribution in [0.1, 0.15) is 52.0 Å². The van der Waals surface area contributed by atoms with Crippen molar-refractivity contribution in [2.45, 2.75) is 70.2 Å². The van der Waals surface area contributed by atoms with Crippen LogP contribution in [0.15, 0.2) is 66.7 Å². The number of ether oxygens (including phenoxy) is 1. The maximum absolute atomic E-state index is 12.6. The van der Waals surface area contributed by atoms with E-state index < -0.39 is 47.9 Å². The van der Waals surface area contributed by atoms with E-state index in [4.69, 9.17) is 30.0 Å². The van der Waals surface area contributed by atoms with Crippen LogP contribution in [-0.2, 0) is 40.2 Å². The topological polar surface area (TPSA) is 191 Å². The van der Waals surface area contributed by atoms with Gasteiger partial charge in [-0.15, -0.1) is 0 Å². The van der Waals surface area contributed by atoms with Gasteiger partial charge in [0.05, 0.1) is 20.0 Å². The molecule has 2 aromatic rings. The fourth-order valence-corrected chi connectivity index (χ4v) is 4.42. The molecule has 0 saturated carbocycles. The van der Waals surface area contributed by atoms with E-state index in [2.05, 4.69) is 18.7 Å². The number of esters is 1. The molecule has 3 rings (SSSR count). The molecular formula is C31H42N2O11. The molecule has 1 heterocycles. The number of carbonyl (C=O) groups is 5. The number of likely N-dealkylation sites (tertiary alicyclic amines) is 1. The molecule has 1 fully saturated rings. The molecule has 2 aromatic carbocycles. The smallest absolute Gasteiger partial charge is 0.336 e. The Bertz CT molecular complexity index is 1150. The van der Waals surface area contributed by atoms with Gasteiger partial charge in [-0.1, -0.05) is 66.7 Å². The third-order valence-corrected chi connectivity index (χ3v) is 6.75. The zero-order valence-corrected chi connectivity index (χ0v) is 25.4. The minimum atomic E-state index is -2.74. The van der Waals surface area contributed by atoms with Gasteiger partial charge in [-0.2, -0.15) is 0 Å². The summed E-state index contributed by atoms with van der Waals surface area (Å²) in [5, 5.41) is 35.1. The predicted octanol–water partition coefficient (Wildman–Crippen LogP) is 2.82. The number of carboxylic acid groups (broad SMARTS) is 3. The monoisotopic (exact) mass is 618 g/mol. The number of aliphatic hydroxyl groups is 1. The molecule has 13 heteroatoms. The second-order valence-electron chi connectivity index (χ2n) is 10.4. The largest absolute Gasteiger partial charge is 0.481 e. The van der Waals surface area contributed by atoms with Crippen LogP contribution in [0.25, 0.3) is 0 Å². The average molecular weight is 619 g/mol. The molecule has 242 valence electrons. The normalized spacial score (nSPS) is 14.1. The third kappa shape index (κ3) is 12.1. The Labute approximate surface area is 256 Å². The number of amides is 1. The Hall–Kier alpha value is -4.33. The molecule has 1 saturated heterocycles. The molecule has 1 amide bonds. The van der Waals surface area contributed by atoms with Crippen LogP contribution in [0.4, 0.5) is 0 Å². The summed E-state index contributed by atoms with van der Waals surface area (Å²) in [7, 11) is 1.36. The van der Waals surface area contributed by atoms with E-state index in [1.54, 1.807) is 0 Å². The Morgan fingerprint density at radius 2 is 1.30 bits per heavy atom. The van der Waals surface area contributed by atoms with E-state index in [0.29, 0.717) is 32.0 Å². The molecule has 0 radical (unpaired) electrons. The van der Waals surface area contributed by atoms with Crippen molar-refractivity contribution in [1.82, 2.24) is 9.96 Å². The van der Waals surface area contributed by atoms with Crippen LogP contribution in [0, 0.1) is 0 Å². The van der Waals surface area contributed by atoms with E-state index in [1.807, 2.05) is 66.7 Å². The highest BCUT2D eigenvalue weighted by Crippen LogP contribution is 2.32. The van der Waals surface area contributed by atoms with Gasteiger partial charge in [-0.25, -0.2) is 14.7 Å². The Morgan fingerprint density at radius 3 is 1.64 bits per heavy atom. The molecule has 0 aliphatic carbocycles. The molecule has 44 heavy (non-hydrogen) atoms. The first-order chi connectivity index (χ1) is 20.7. The van der Waals surface area contributed by atoms with E-state index >= 15 is 0 Å². The maximum Gasteiger partial charge on any atom is 0.336 e. The second kappa shape index (κ2) is 18.4.